The fourth-order valence-electron chi connectivity index (χ4n) is 2.57. The number of hydrogen-bond acceptors (Lipinski definition) is 5. The summed E-state index contributed by atoms with van der Waals surface area (Å²) in [5.41, 5.74) is -0.302. The molecule has 1 aromatic heterocycles. The number of pyridine rings is 1. The summed E-state index contributed by atoms with van der Waals surface area (Å²) in [7, 11) is 0. The molecule has 0 aliphatic rings. The molecule has 0 saturated heterocycles. The molecule has 7 heteroatoms. The first-order valence-corrected chi connectivity index (χ1v) is 9.13. The van der Waals surface area contributed by atoms with Crippen LogP contribution in [0.1, 0.15) is 45.7 Å². The second-order valence-electron chi connectivity index (χ2n) is 7.28. The summed E-state index contributed by atoms with van der Waals surface area (Å²) in [6, 6.07) is 11.5. The highest BCUT2D eigenvalue weighted by Crippen LogP contribution is 2.17. The number of aromatic nitrogens is 1. The number of hydrogen-bond donors (Lipinski definition) is 1. The zero-order valence-electron chi connectivity index (χ0n) is 16.6. The Balaban J connectivity index is 2.11. The molecule has 1 atom stereocenters. The summed E-state index contributed by atoms with van der Waals surface area (Å²) in [6.07, 6.45) is 1.13. The molecule has 0 fully saturated rings. The second-order valence-corrected chi connectivity index (χ2v) is 7.28. The fourth-order valence-corrected chi connectivity index (χ4v) is 2.57. The minimum Gasteiger partial charge on any atom is -0.458 e. The summed E-state index contributed by atoms with van der Waals surface area (Å²) < 4.78 is 11.8. The Kier molecular flexibility index (Phi) is 6.98. The van der Waals surface area contributed by atoms with Crippen LogP contribution in [-0.4, -0.2) is 22.2 Å². The number of esters is 1. The van der Waals surface area contributed by atoms with E-state index in [1.807, 2.05) is 30.3 Å². The molecule has 0 spiro atoms. The maximum Gasteiger partial charge on any atom is 0.412 e. The van der Waals surface area contributed by atoms with Crippen molar-refractivity contribution >= 4 is 17.7 Å². The maximum absolute atomic E-state index is 12.7. The molecule has 1 N–H and O–H groups in total. The lowest BCUT2D eigenvalue weighted by Gasteiger charge is -2.24. The van der Waals surface area contributed by atoms with Crippen molar-refractivity contribution in [2.24, 2.45) is 0 Å². The number of benzene rings is 1. The van der Waals surface area contributed by atoms with E-state index in [9.17, 15) is 14.4 Å². The van der Waals surface area contributed by atoms with Crippen LogP contribution in [0.15, 0.2) is 53.5 Å². The molecule has 150 valence electrons. The zero-order valence-corrected chi connectivity index (χ0v) is 16.6. The van der Waals surface area contributed by atoms with Gasteiger partial charge in [0.05, 0.1) is 0 Å². The van der Waals surface area contributed by atoms with Crippen LogP contribution < -0.4 is 10.9 Å². The second kappa shape index (κ2) is 9.21. The Bertz CT molecular complexity index is 868. The number of anilines is 1. The molecule has 0 radical (unpaired) electrons. The number of nitrogens with one attached hydrogen (secondary N) is 1. The summed E-state index contributed by atoms with van der Waals surface area (Å²) in [5.74, 6) is -0.499. The lowest BCUT2D eigenvalue weighted by Crippen LogP contribution is -2.35. The third-order valence-electron chi connectivity index (χ3n) is 3.83. The third-order valence-corrected chi connectivity index (χ3v) is 3.83. The third kappa shape index (κ3) is 5.97. The van der Waals surface area contributed by atoms with Crippen LogP contribution in [0.4, 0.5) is 10.5 Å². The van der Waals surface area contributed by atoms with Crippen molar-refractivity contribution in [3.63, 3.8) is 0 Å². The monoisotopic (exact) mass is 386 g/mol. The van der Waals surface area contributed by atoms with Gasteiger partial charge in [-0.3, -0.25) is 14.7 Å². The molecule has 2 aromatic rings. The van der Waals surface area contributed by atoms with Crippen molar-refractivity contribution < 1.29 is 19.1 Å². The van der Waals surface area contributed by atoms with E-state index >= 15 is 0 Å². The van der Waals surface area contributed by atoms with E-state index < -0.39 is 29.3 Å². The number of nitrogens with zero attached hydrogens (tertiary/aromatic N) is 1. The first-order chi connectivity index (χ1) is 13.2. The highest BCUT2D eigenvalue weighted by molar-refractivity contribution is 5.84. The van der Waals surface area contributed by atoms with Crippen LogP contribution in [0.25, 0.3) is 0 Å². The first kappa shape index (κ1) is 21.2. The molecule has 0 aliphatic carbocycles. The molecule has 1 heterocycles. The standard InChI is InChI=1S/C21H26N2O5/c1-5-17(19(25)28-21(2,3)4)23-13-9-12-16(18(23)24)22-20(26)27-14-15-10-7-6-8-11-15/h6-13,17H,5,14H2,1-4H3,(H,22,26). The van der Waals surface area contributed by atoms with Gasteiger partial charge in [-0.05, 0) is 44.9 Å². The van der Waals surface area contributed by atoms with Gasteiger partial charge in [-0.15, -0.1) is 0 Å². The van der Waals surface area contributed by atoms with E-state index in [1.165, 1.54) is 16.8 Å². The van der Waals surface area contributed by atoms with Crippen LogP contribution in [0.5, 0.6) is 0 Å². The smallest absolute Gasteiger partial charge is 0.412 e. The molecular formula is C21H26N2O5. The lowest BCUT2D eigenvalue weighted by molar-refractivity contribution is -0.159. The molecule has 1 unspecified atom stereocenters. The van der Waals surface area contributed by atoms with Gasteiger partial charge in [0.25, 0.3) is 5.56 Å². The topological polar surface area (TPSA) is 86.6 Å². The molecular weight excluding hydrogens is 360 g/mol. The molecule has 1 aromatic carbocycles. The predicted octanol–water partition coefficient (Wildman–Crippen LogP) is 3.89. The molecule has 2 rings (SSSR count). The van der Waals surface area contributed by atoms with Gasteiger partial charge in [0.2, 0.25) is 0 Å². The lowest BCUT2D eigenvalue weighted by atomic mass is 10.1. The van der Waals surface area contributed by atoms with E-state index in [2.05, 4.69) is 5.32 Å². The Labute approximate surface area is 164 Å². The van der Waals surface area contributed by atoms with E-state index in [4.69, 9.17) is 9.47 Å². The number of carbonyl (C=O) groups excluding carboxylic acids is 2. The number of rotatable bonds is 6. The summed E-state index contributed by atoms with van der Waals surface area (Å²) in [6.45, 7) is 7.17. The van der Waals surface area contributed by atoms with Gasteiger partial charge in [0.1, 0.15) is 23.9 Å². The Morgan fingerprint density at radius 2 is 1.79 bits per heavy atom. The zero-order chi connectivity index (χ0) is 20.7. The number of ether oxygens (including phenoxy) is 2. The Morgan fingerprint density at radius 3 is 2.39 bits per heavy atom. The van der Waals surface area contributed by atoms with E-state index in [-0.39, 0.29) is 12.3 Å². The molecule has 0 aliphatic heterocycles. The van der Waals surface area contributed by atoms with Crippen molar-refractivity contribution in [1.29, 1.82) is 0 Å². The van der Waals surface area contributed by atoms with E-state index in [1.54, 1.807) is 33.8 Å². The maximum atomic E-state index is 12.7. The average Bonchev–Trinajstić information content (AvgIpc) is 2.63. The summed E-state index contributed by atoms with van der Waals surface area (Å²) in [4.78, 5) is 37.2. The first-order valence-electron chi connectivity index (χ1n) is 9.13. The number of carbonyl (C=O) groups is 2. The predicted molar refractivity (Wildman–Crippen MR) is 106 cm³/mol. The fraction of sp³-hybridized carbons (Fsp3) is 0.381. The van der Waals surface area contributed by atoms with Crippen molar-refractivity contribution in [2.75, 3.05) is 5.32 Å². The van der Waals surface area contributed by atoms with Gasteiger partial charge >= 0.3 is 12.1 Å². The van der Waals surface area contributed by atoms with E-state index in [0.29, 0.717) is 6.42 Å². The molecule has 28 heavy (non-hydrogen) atoms. The van der Waals surface area contributed by atoms with Crippen molar-refractivity contribution in [2.45, 2.75) is 52.4 Å². The summed E-state index contributed by atoms with van der Waals surface area (Å²) >= 11 is 0. The Hall–Kier alpha value is -3.09. The van der Waals surface area contributed by atoms with E-state index in [0.717, 1.165) is 5.56 Å². The minimum absolute atomic E-state index is 0.0302. The molecule has 0 bridgehead atoms. The van der Waals surface area contributed by atoms with Gasteiger partial charge in [-0.25, -0.2) is 9.59 Å². The van der Waals surface area contributed by atoms with Gasteiger partial charge in [-0.2, -0.15) is 0 Å². The highest BCUT2D eigenvalue weighted by atomic mass is 16.6. The Morgan fingerprint density at radius 1 is 1.11 bits per heavy atom. The average molecular weight is 386 g/mol. The SMILES string of the molecule is CCC(C(=O)OC(C)(C)C)n1cccc(NC(=O)OCc2ccccc2)c1=O. The van der Waals surface area contributed by atoms with Crippen LogP contribution >= 0.6 is 0 Å². The van der Waals surface area contributed by atoms with Crippen LogP contribution in [0.2, 0.25) is 0 Å². The summed E-state index contributed by atoms with van der Waals surface area (Å²) in [5, 5.41) is 2.44. The van der Waals surface area contributed by atoms with Crippen LogP contribution in [-0.2, 0) is 20.9 Å². The number of amides is 1. The molecule has 0 saturated carbocycles. The highest BCUT2D eigenvalue weighted by Gasteiger charge is 2.26. The quantitative estimate of drug-likeness (QED) is 0.761. The van der Waals surface area contributed by atoms with Gasteiger partial charge in [-0.1, -0.05) is 37.3 Å². The van der Waals surface area contributed by atoms with Crippen molar-refractivity contribution in [3.05, 3.63) is 64.6 Å². The van der Waals surface area contributed by atoms with Crippen molar-refractivity contribution in [1.82, 2.24) is 4.57 Å². The van der Waals surface area contributed by atoms with Gasteiger partial charge in [0, 0.05) is 6.20 Å². The van der Waals surface area contributed by atoms with Crippen molar-refractivity contribution in [3.8, 4) is 0 Å². The normalized spacial score (nSPS) is 12.1. The van der Waals surface area contributed by atoms with Crippen LogP contribution in [0, 0.1) is 0 Å². The molecule has 1 amide bonds. The van der Waals surface area contributed by atoms with Gasteiger partial charge < -0.3 is 9.47 Å². The van der Waals surface area contributed by atoms with Crippen LogP contribution in [0.3, 0.4) is 0 Å². The largest absolute Gasteiger partial charge is 0.458 e. The van der Waals surface area contributed by atoms with Gasteiger partial charge in [0.15, 0.2) is 0 Å². The minimum atomic E-state index is -0.784. The molecule has 7 nitrogen and oxygen atoms in total.